The molecule has 1 fully saturated rings. The summed E-state index contributed by atoms with van der Waals surface area (Å²) in [5, 5.41) is 9.98. The molecule has 3 aromatic heterocycles. The van der Waals surface area contributed by atoms with Crippen molar-refractivity contribution in [2.45, 2.75) is 31.7 Å². The lowest BCUT2D eigenvalue weighted by Gasteiger charge is -2.33. The van der Waals surface area contributed by atoms with Gasteiger partial charge in [0.1, 0.15) is 17.0 Å². The van der Waals surface area contributed by atoms with Crippen molar-refractivity contribution in [3.05, 3.63) is 59.7 Å². The third-order valence-corrected chi connectivity index (χ3v) is 6.37. The Hall–Kier alpha value is -3.70. The van der Waals surface area contributed by atoms with E-state index in [9.17, 15) is 4.79 Å². The molecule has 1 aromatic carbocycles. The summed E-state index contributed by atoms with van der Waals surface area (Å²) in [4.78, 5) is 26.5. The van der Waals surface area contributed by atoms with Gasteiger partial charge in [0.2, 0.25) is 5.91 Å². The number of nitrogens with zero attached hydrogens (tertiary/aromatic N) is 5. The fourth-order valence-electron chi connectivity index (χ4n) is 4.74. The number of hydrogen-bond acceptors (Lipinski definition) is 5. The molecule has 8 nitrogen and oxygen atoms in total. The molecule has 3 N–H and O–H groups in total. The number of benzene rings is 1. The van der Waals surface area contributed by atoms with E-state index in [0.717, 1.165) is 65.9 Å². The predicted molar refractivity (Wildman–Crippen MR) is 122 cm³/mol. The van der Waals surface area contributed by atoms with Gasteiger partial charge in [0.15, 0.2) is 0 Å². The van der Waals surface area contributed by atoms with Crippen LogP contribution in [-0.4, -0.2) is 50.0 Å². The maximum atomic E-state index is 11.4. The third kappa shape index (κ3) is 3.72. The van der Waals surface area contributed by atoms with Gasteiger partial charge >= 0.3 is 0 Å². The number of piperidine rings is 1. The van der Waals surface area contributed by atoms with Crippen molar-refractivity contribution in [3.8, 4) is 6.07 Å². The number of pyridine rings is 1. The molecule has 0 spiro atoms. The number of primary amides is 1. The summed E-state index contributed by atoms with van der Waals surface area (Å²) in [6, 6.07) is 12.1. The van der Waals surface area contributed by atoms with E-state index >= 15 is 0 Å². The van der Waals surface area contributed by atoms with Gasteiger partial charge in [0.25, 0.3) is 0 Å². The summed E-state index contributed by atoms with van der Waals surface area (Å²) in [6.45, 7) is 2.78. The number of carbonyl (C=O) groups excluding carboxylic acids is 1. The first-order valence-electron chi connectivity index (χ1n) is 10.9. The number of aromatic amines is 1. The highest BCUT2D eigenvalue weighted by atomic mass is 16.1. The van der Waals surface area contributed by atoms with Crippen molar-refractivity contribution >= 4 is 28.0 Å². The second-order valence-electron chi connectivity index (χ2n) is 8.35. The molecule has 4 aromatic rings. The number of likely N-dealkylation sites (tertiary alicyclic amines) is 1. The quantitative estimate of drug-likeness (QED) is 0.490. The van der Waals surface area contributed by atoms with Crippen LogP contribution in [0.1, 0.15) is 47.1 Å². The number of rotatable bonds is 6. The Labute approximate surface area is 185 Å². The van der Waals surface area contributed by atoms with Gasteiger partial charge in [0, 0.05) is 55.7 Å². The second-order valence-corrected chi connectivity index (χ2v) is 8.35. The molecular formula is C24H25N7O. The van der Waals surface area contributed by atoms with Crippen LogP contribution >= 0.6 is 0 Å². The lowest BCUT2D eigenvalue weighted by Crippen LogP contribution is -2.35. The first kappa shape index (κ1) is 20.2. The number of amides is 1. The first-order valence-corrected chi connectivity index (χ1v) is 10.9. The Morgan fingerprint density at radius 1 is 1.22 bits per heavy atom. The van der Waals surface area contributed by atoms with E-state index in [0.29, 0.717) is 24.4 Å². The summed E-state index contributed by atoms with van der Waals surface area (Å²) < 4.78 is 2.40. The van der Waals surface area contributed by atoms with Gasteiger partial charge in [-0.05, 0) is 36.6 Å². The average Bonchev–Trinajstić information content (AvgIpc) is 3.42. The molecule has 1 aliphatic heterocycles. The minimum atomic E-state index is -0.423. The number of fused-ring (bicyclic) bond motifs is 3. The number of nitriles is 1. The van der Waals surface area contributed by atoms with Crippen LogP contribution in [0.4, 0.5) is 0 Å². The van der Waals surface area contributed by atoms with E-state index in [-0.39, 0.29) is 0 Å². The minimum Gasteiger partial charge on any atom is -0.366 e. The van der Waals surface area contributed by atoms with Crippen molar-refractivity contribution in [1.82, 2.24) is 24.4 Å². The number of hydrogen-bond donors (Lipinski definition) is 2. The highest BCUT2D eigenvalue weighted by Gasteiger charge is 2.26. The Morgan fingerprint density at radius 3 is 2.72 bits per heavy atom. The van der Waals surface area contributed by atoms with Gasteiger partial charge < -0.3 is 20.2 Å². The molecule has 162 valence electrons. The van der Waals surface area contributed by atoms with Crippen LogP contribution in [0.5, 0.6) is 0 Å². The van der Waals surface area contributed by atoms with Crippen molar-refractivity contribution in [3.63, 3.8) is 0 Å². The molecule has 0 aliphatic carbocycles. The van der Waals surface area contributed by atoms with Crippen LogP contribution in [-0.2, 0) is 6.42 Å². The largest absolute Gasteiger partial charge is 0.366 e. The van der Waals surface area contributed by atoms with Crippen LogP contribution in [0.15, 0.2) is 42.7 Å². The minimum absolute atomic E-state index is 0.332. The molecule has 1 aliphatic rings. The molecule has 5 rings (SSSR count). The number of nitrogens with two attached hydrogens (primary N) is 1. The molecule has 0 radical (unpaired) electrons. The molecule has 0 atom stereocenters. The van der Waals surface area contributed by atoms with Crippen LogP contribution in [0.25, 0.3) is 22.1 Å². The van der Waals surface area contributed by atoms with Gasteiger partial charge in [0.05, 0.1) is 17.8 Å². The number of imidazole rings is 1. The predicted octanol–water partition coefficient (Wildman–Crippen LogP) is 3.15. The molecule has 4 heterocycles. The summed E-state index contributed by atoms with van der Waals surface area (Å²) >= 11 is 0. The Kier molecular flexibility index (Phi) is 5.33. The highest BCUT2D eigenvalue weighted by molar-refractivity contribution is 6.01. The molecule has 32 heavy (non-hydrogen) atoms. The Bertz CT molecular complexity index is 1300. The topological polar surface area (TPSA) is 117 Å². The SMILES string of the molecule is N#CCCN1CCC(n2c(Cc3ccc(C(N)=O)cc3)nc3cnc4[nH]ccc4c32)CC1. The van der Waals surface area contributed by atoms with Crippen molar-refractivity contribution in [2.24, 2.45) is 5.73 Å². The van der Waals surface area contributed by atoms with Gasteiger partial charge in [-0.1, -0.05) is 12.1 Å². The maximum absolute atomic E-state index is 11.4. The molecular weight excluding hydrogens is 402 g/mol. The van der Waals surface area contributed by atoms with E-state index in [1.54, 1.807) is 12.1 Å². The van der Waals surface area contributed by atoms with Crippen molar-refractivity contribution in [1.29, 1.82) is 5.26 Å². The van der Waals surface area contributed by atoms with Crippen LogP contribution in [0, 0.1) is 11.3 Å². The molecule has 0 saturated carbocycles. The van der Waals surface area contributed by atoms with Gasteiger partial charge in [-0.25, -0.2) is 9.97 Å². The number of carbonyl (C=O) groups is 1. The lowest BCUT2D eigenvalue weighted by molar-refractivity contribution is 0.100. The molecule has 8 heteroatoms. The monoisotopic (exact) mass is 427 g/mol. The molecule has 0 bridgehead atoms. The van der Waals surface area contributed by atoms with Gasteiger partial charge in [-0.3, -0.25) is 4.79 Å². The first-order chi connectivity index (χ1) is 15.6. The summed E-state index contributed by atoms with van der Waals surface area (Å²) in [7, 11) is 0. The van der Waals surface area contributed by atoms with Crippen LogP contribution in [0.2, 0.25) is 0 Å². The fourth-order valence-corrected chi connectivity index (χ4v) is 4.74. The smallest absolute Gasteiger partial charge is 0.248 e. The Morgan fingerprint density at radius 2 is 2.00 bits per heavy atom. The van der Waals surface area contributed by atoms with Crippen molar-refractivity contribution in [2.75, 3.05) is 19.6 Å². The summed E-state index contributed by atoms with van der Waals surface area (Å²) in [5.41, 5.74) is 9.85. The molecule has 1 amide bonds. The zero-order chi connectivity index (χ0) is 22.1. The third-order valence-electron chi connectivity index (χ3n) is 6.37. The van der Waals surface area contributed by atoms with Gasteiger partial charge in [-0.2, -0.15) is 5.26 Å². The lowest BCUT2D eigenvalue weighted by atomic mass is 10.0. The van der Waals surface area contributed by atoms with E-state index in [2.05, 4.69) is 31.6 Å². The maximum Gasteiger partial charge on any atom is 0.248 e. The zero-order valence-corrected chi connectivity index (χ0v) is 17.8. The second kappa shape index (κ2) is 8.44. The number of aromatic nitrogens is 4. The van der Waals surface area contributed by atoms with Crippen LogP contribution in [0.3, 0.4) is 0 Å². The molecule has 0 unspecified atom stereocenters. The van der Waals surface area contributed by atoms with E-state index in [1.165, 1.54) is 0 Å². The number of nitrogens with one attached hydrogen (secondary N) is 1. The van der Waals surface area contributed by atoms with Gasteiger partial charge in [-0.15, -0.1) is 0 Å². The highest BCUT2D eigenvalue weighted by Crippen LogP contribution is 2.33. The fraction of sp³-hybridized carbons (Fsp3) is 0.333. The van der Waals surface area contributed by atoms with E-state index in [4.69, 9.17) is 16.0 Å². The van der Waals surface area contributed by atoms with E-state index < -0.39 is 5.91 Å². The Balaban J connectivity index is 1.52. The number of H-pyrrole nitrogens is 1. The summed E-state index contributed by atoms with van der Waals surface area (Å²) in [6.07, 6.45) is 7.01. The molecule has 1 saturated heterocycles. The average molecular weight is 428 g/mol. The van der Waals surface area contributed by atoms with Crippen molar-refractivity contribution < 1.29 is 4.79 Å². The van der Waals surface area contributed by atoms with Crippen LogP contribution < -0.4 is 5.73 Å². The standard InChI is InChI=1S/C24H25N7O/c25-9-1-11-30-12-7-18(8-13-30)31-21(14-16-2-4-17(5-3-16)23(26)32)29-20-15-28-24-19(22(20)31)6-10-27-24/h2-6,10,15,18H,1,7-8,11-14H2,(H2,26,32)(H,27,28). The normalized spacial score (nSPS) is 15.3. The summed E-state index contributed by atoms with van der Waals surface area (Å²) in [5.74, 6) is 0.575. The van der Waals surface area contributed by atoms with E-state index in [1.807, 2.05) is 24.5 Å². The zero-order valence-electron chi connectivity index (χ0n) is 17.8.